The molecule has 9 heteroatoms. The highest BCUT2D eigenvalue weighted by Gasteiger charge is 2.32. The van der Waals surface area contributed by atoms with E-state index in [2.05, 4.69) is 22.6 Å². The first-order valence-electron chi connectivity index (χ1n) is 11.6. The van der Waals surface area contributed by atoms with Gasteiger partial charge in [-0.25, -0.2) is 4.68 Å². The van der Waals surface area contributed by atoms with Crippen molar-refractivity contribution in [2.24, 2.45) is 0 Å². The van der Waals surface area contributed by atoms with Crippen molar-refractivity contribution in [3.05, 3.63) is 83.8 Å². The number of hydrogen-bond acceptors (Lipinski definition) is 6. The maximum Gasteiger partial charge on any atom is 0.247 e. The molecule has 182 valence electrons. The number of benzene rings is 2. The summed E-state index contributed by atoms with van der Waals surface area (Å²) in [7, 11) is 1.57. The Morgan fingerprint density at radius 1 is 1.11 bits per heavy atom. The minimum Gasteiger partial charge on any atom is -0.467 e. The fraction of sp³-hybridized carbons (Fsp3) is 0.308. The fourth-order valence-electron chi connectivity index (χ4n) is 3.93. The number of carbonyl (C=O) groups excluding carboxylic acids is 2. The summed E-state index contributed by atoms with van der Waals surface area (Å²) < 4.78 is 12.2. The molecule has 0 unspecified atom stereocenters. The maximum atomic E-state index is 13.6. The molecule has 2 amide bonds. The van der Waals surface area contributed by atoms with Gasteiger partial charge in [-0.1, -0.05) is 48.5 Å². The SMILES string of the molecule is CCc1ccc([C@H](C(=O)NCc2ccco2)N(CCOC)C(=O)Cn2nnc3ccccc32)cc1. The van der Waals surface area contributed by atoms with Gasteiger partial charge in [0.1, 0.15) is 23.9 Å². The molecule has 1 N–H and O–H groups in total. The zero-order valence-electron chi connectivity index (χ0n) is 19.9. The Kier molecular flexibility index (Phi) is 7.89. The molecule has 0 fully saturated rings. The highest BCUT2D eigenvalue weighted by Crippen LogP contribution is 2.23. The molecule has 35 heavy (non-hydrogen) atoms. The van der Waals surface area contributed by atoms with E-state index in [-0.39, 0.29) is 38.1 Å². The predicted molar refractivity (Wildman–Crippen MR) is 130 cm³/mol. The lowest BCUT2D eigenvalue weighted by atomic mass is 10.0. The van der Waals surface area contributed by atoms with E-state index in [1.807, 2.05) is 48.5 Å². The van der Waals surface area contributed by atoms with Gasteiger partial charge in [0, 0.05) is 13.7 Å². The Balaban J connectivity index is 1.64. The van der Waals surface area contributed by atoms with Crippen LogP contribution in [0.1, 0.15) is 29.9 Å². The molecule has 0 saturated carbocycles. The molecule has 2 aromatic heterocycles. The van der Waals surface area contributed by atoms with Gasteiger partial charge in [0.05, 0.1) is 24.9 Å². The molecule has 0 saturated heterocycles. The van der Waals surface area contributed by atoms with Crippen LogP contribution in [0.3, 0.4) is 0 Å². The van der Waals surface area contributed by atoms with E-state index >= 15 is 0 Å². The first kappa shape index (κ1) is 24.2. The summed E-state index contributed by atoms with van der Waals surface area (Å²) in [5.74, 6) is 0.0521. The third kappa shape index (κ3) is 5.75. The average Bonchev–Trinajstić information content (AvgIpc) is 3.55. The Hall–Kier alpha value is -3.98. The van der Waals surface area contributed by atoms with Crippen LogP contribution in [0.4, 0.5) is 0 Å². The first-order chi connectivity index (χ1) is 17.1. The molecule has 0 spiro atoms. The molecular formula is C26H29N5O4. The van der Waals surface area contributed by atoms with E-state index in [4.69, 9.17) is 9.15 Å². The van der Waals surface area contributed by atoms with E-state index in [0.29, 0.717) is 16.8 Å². The van der Waals surface area contributed by atoms with Crippen molar-refractivity contribution >= 4 is 22.8 Å². The predicted octanol–water partition coefficient (Wildman–Crippen LogP) is 3.12. The van der Waals surface area contributed by atoms with Gasteiger partial charge in [0.25, 0.3) is 0 Å². The normalized spacial score (nSPS) is 11.9. The number of rotatable bonds is 11. The van der Waals surface area contributed by atoms with Gasteiger partial charge < -0.3 is 19.4 Å². The third-order valence-electron chi connectivity index (χ3n) is 5.84. The number of ether oxygens (including phenoxy) is 1. The maximum absolute atomic E-state index is 13.6. The van der Waals surface area contributed by atoms with Crippen molar-refractivity contribution in [2.75, 3.05) is 20.3 Å². The number of amides is 2. The molecule has 0 aliphatic rings. The van der Waals surface area contributed by atoms with Crippen LogP contribution in [-0.4, -0.2) is 52.0 Å². The average molecular weight is 476 g/mol. The monoisotopic (exact) mass is 475 g/mol. The number of nitrogens with one attached hydrogen (secondary N) is 1. The van der Waals surface area contributed by atoms with Gasteiger partial charge in [-0.15, -0.1) is 5.10 Å². The summed E-state index contributed by atoms with van der Waals surface area (Å²) >= 11 is 0. The quantitative estimate of drug-likeness (QED) is 0.358. The highest BCUT2D eigenvalue weighted by atomic mass is 16.5. The van der Waals surface area contributed by atoms with Gasteiger partial charge in [0.2, 0.25) is 11.8 Å². The number of carbonyl (C=O) groups is 2. The molecule has 0 bridgehead atoms. The van der Waals surface area contributed by atoms with E-state index in [1.54, 1.807) is 35.1 Å². The Bertz CT molecular complexity index is 1250. The number of methoxy groups -OCH3 is 1. The Morgan fingerprint density at radius 3 is 2.63 bits per heavy atom. The van der Waals surface area contributed by atoms with Crippen molar-refractivity contribution in [2.45, 2.75) is 32.5 Å². The molecular weight excluding hydrogens is 446 g/mol. The smallest absolute Gasteiger partial charge is 0.247 e. The summed E-state index contributed by atoms with van der Waals surface area (Å²) in [6.07, 6.45) is 2.43. The zero-order chi connectivity index (χ0) is 24.6. The van der Waals surface area contributed by atoms with E-state index in [0.717, 1.165) is 17.5 Å². The van der Waals surface area contributed by atoms with Crippen molar-refractivity contribution in [1.82, 2.24) is 25.2 Å². The molecule has 0 radical (unpaired) electrons. The highest BCUT2D eigenvalue weighted by molar-refractivity contribution is 5.89. The Morgan fingerprint density at radius 2 is 1.91 bits per heavy atom. The first-order valence-corrected chi connectivity index (χ1v) is 11.6. The summed E-state index contributed by atoms with van der Waals surface area (Å²) in [5, 5.41) is 11.2. The molecule has 0 aliphatic carbocycles. The lowest BCUT2D eigenvalue weighted by Gasteiger charge is -2.31. The van der Waals surface area contributed by atoms with E-state index in [9.17, 15) is 9.59 Å². The van der Waals surface area contributed by atoms with E-state index in [1.165, 1.54) is 0 Å². The fourth-order valence-corrected chi connectivity index (χ4v) is 3.93. The minimum atomic E-state index is -0.853. The van der Waals surface area contributed by atoms with Crippen molar-refractivity contribution in [3.8, 4) is 0 Å². The zero-order valence-corrected chi connectivity index (χ0v) is 19.9. The third-order valence-corrected chi connectivity index (χ3v) is 5.84. The number of nitrogens with zero attached hydrogens (tertiary/aromatic N) is 4. The topological polar surface area (TPSA) is 102 Å². The molecule has 9 nitrogen and oxygen atoms in total. The second-order valence-electron chi connectivity index (χ2n) is 8.11. The number of hydrogen-bond donors (Lipinski definition) is 1. The molecule has 4 aromatic rings. The van der Waals surface area contributed by atoms with Crippen molar-refractivity contribution in [1.29, 1.82) is 0 Å². The van der Waals surface area contributed by atoms with Crippen LogP contribution < -0.4 is 5.32 Å². The Labute approximate surface area is 203 Å². The van der Waals surface area contributed by atoms with Crippen LogP contribution in [-0.2, 0) is 33.8 Å². The minimum absolute atomic E-state index is 0.0563. The van der Waals surface area contributed by atoms with Crippen LogP contribution >= 0.6 is 0 Å². The second-order valence-corrected chi connectivity index (χ2v) is 8.11. The summed E-state index contributed by atoms with van der Waals surface area (Å²) in [6.45, 7) is 2.74. The lowest BCUT2D eigenvalue weighted by Crippen LogP contribution is -2.46. The van der Waals surface area contributed by atoms with Crippen LogP contribution in [0.15, 0.2) is 71.3 Å². The number of furan rings is 1. The lowest BCUT2D eigenvalue weighted by molar-refractivity contribution is -0.142. The van der Waals surface area contributed by atoms with Crippen LogP contribution in [0.2, 0.25) is 0 Å². The van der Waals surface area contributed by atoms with Gasteiger partial charge in [-0.3, -0.25) is 9.59 Å². The van der Waals surface area contributed by atoms with Crippen LogP contribution in [0, 0.1) is 0 Å². The number of aromatic nitrogens is 3. The standard InChI is InChI=1S/C26H29N5O4/c1-3-19-10-12-20(13-11-19)25(26(33)27-17-21-7-6-15-35-21)30(14-16-34-2)24(32)18-31-23-9-5-4-8-22(23)28-29-31/h4-13,15,25H,3,14,16-18H2,1-2H3,(H,27,33)/t25-/m1/s1. The molecule has 1 atom stereocenters. The van der Waals surface area contributed by atoms with Gasteiger partial charge in [0.15, 0.2) is 0 Å². The van der Waals surface area contributed by atoms with Gasteiger partial charge in [-0.05, 0) is 41.8 Å². The number of aryl methyl sites for hydroxylation is 1. The van der Waals surface area contributed by atoms with Crippen molar-refractivity contribution in [3.63, 3.8) is 0 Å². The van der Waals surface area contributed by atoms with Crippen molar-refractivity contribution < 1.29 is 18.7 Å². The molecule has 4 rings (SSSR count). The number of fused-ring (bicyclic) bond motifs is 1. The van der Waals surface area contributed by atoms with E-state index < -0.39 is 6.04 Å². The summed E-state index contributed by atoms with van der Waals surface area (Å²) in [5.41, 5.74) is 3.31. The van der Waals surface area contributed by atoms with Crippen LogP contribution in [0.5, 0.6) is 0 Å². The molecule has 2 aromatic carbocycles. The largest absolute Gasteiger partial charge is 0.467 e. The summed E-state index contributed by atoms with van der Waals surface area (Å²) in [4.78, 5) is 28.7. The molecule has 2 heterocycles. The molecule has 0 aliphatic heterocycles. The van der Waals surface area contributed by atoms with Gasteiger partial charge in [-0.2, -0.15) is 0 Å². The summed E-state index contributed by atoms with van der Waals surface area (Å²) in [6, 6.07) is 17.9. The number of para-hydroxylation sites is 1. The van der Waals surface area contributed by atoms with Gasteiger partial charge >= 0.3 is 0 Å². The van der Waals surface area contributed by atoms with Crippen LogP contribution in [0.25, 0.3) is 11.0 Å². The second kappa shape index (κ2) is 11.4.